The second-order valence-corrected chi connectivity index (χ2v) is 6.24. The normalized spacial score (nSPS) is 21.8. The van der Waals surface area contributed by atoms with Crippen molar-refractivity contribution < 1.29 is 13.6 Å². The van der Waals surface area contributed by atoms with Crippen LogP contribution >= 0.6 is 0 Å². The van der Waals surface area contributed by atoms with Crippen LogP contribution in [0, 0.1) is 0 Å². The van der Waals surface area contributed by atoms with E-state index < -0.39 is 23.9 Å². The number of nitrogens with one attached hydrogen (secondary N) is 2. The predicted molar refractivity (Wildman–Crippen MR) is 94.5 cm³/mol. The van der Waals surface area contributed by atoms with E-state index in [1.165, 1.54) is 6.20 Å². The summed E-state index contributed by atoms with van der Waals surface area (Å²) >= 11 is 0. The van der Waals surface area contributed by atoms with Crippen LogP contribution in [0.1, 0.15) is 29.8 Å². The number of hydrogen-bond acceptors (Lipinski definition) is 6. The molecule has 138 valence electrons. The van der Waals surface area contributed by atoms with E-state index in [2.05, 4.69) is 20.6 Å². The number of carbonyl (C=O) groups is 1. The molecule has 2 atom stereocenters. The number of alkyl halides is 2. The number of amides is 1. The minimum absolute atomic E-state index is 0.0438. The Morgan fingerprint density at radius 1 is 1.27 bits per heavy atom. The number of nitrogens with two attached hydrogens (primary N) is 2. The fraction of sp³-hybridized carbons (Fsp3) is 0.353. The highest BCUT2D eigenvalue weighted by Crippen LogP contribution is 2.33. The summed E-state index contributed by atoms with van der Waals surface area (Å²) in [6.07, 6.45) is 1.92. The van der Waals surface area contributed by atoms with Crippen molar-refractivity contribution in [3.63, 3.8) is 0 Å². The highest BCUT2D eigenvalue weighted by Gasteiger charge is 2.44. The SMILES string of the molecule is NC(=O)c1ncc(NC2CCCC(F)(F)C2N)nc1Nc1ccccc1. The van der Waals surface area contributed by atoms with Gasteiger partial charge in [-0.2, -0.15) is 0 Å². The number of primary amides is 1. The quantitative estimate of drug-likeness (QED) is 0.648. The van der Waals surface area contributed by atoms with Gasteiger partial charge in [0.15, 0.2) is 11.5 Å². The molecule has 0 saturated heterocycles. The first kappa shape index (κ1) is 18.0. The maximum absolute atomic E-state index is 13.8. The number of nitrogens with zero attached hydrogens (tertiary/aromatic N) is 2. The number of rotatable bonds is 5. The van der Waals surface area contributed by atoms with Crippen LogP contribution in [0.4, 0.5) is 26.1 Å². The number of hydrogen-bond donors (Lipinski definition) is 4. The minimum atomic E-state index is -2.93. The van der Waals surface area contributed by atoms with Crippen LogP contribution in [0.5, 0.6) is 0 Å². The van der Waals surface area contributed by atoms with Gasteiger partial charge in [0.25, 0.3) is 11.8 Å². The van der Waals surface area contributed by atoms with Crippen LogP contribution in [-0.2, 0) is 0 Å². The summed E-state index contributed by atoms with van der Waals surface area (Å²) in [5.41, 5.74) is 11.7. The largest absolute Gasteiger partial charge is 0.364 e. The van der Waals surface area contributed by atoms with Crippen LogP contribution in [0.2, 0.25) is 0 Å². The Kier molecular flexibility index (Phi) is 4.99. The number of benzene rings is 1. The third-order valence-corrected chi connectivity index (χ3v) is 4.32. The summed E-state index contributed by atoms with van der Waals surface area (Å²) in [6, 6.07) is 7.06. The van der Waals surface area contributed by atoms with E-state index in [1.807, 2.05) is 18.2 Å². The maximum atomic E-state index is 13.8. The Morgan fingerprint density at radius 2 is 2.00 bits per heavy atom. The molecule has 1 aliphatic carbocycles. The van der Waals surface area contributed by atoms with E-state index in [0.717, 1.165) is 0 Å². The summed E-state index contributed by atoms with van der Waals surface area (Å²) in [5.74, 6) is -3.29. The molecular formula is C17H20F2N6O. The van der Waals surface area contributed by atoms with Crippen molar-refractivity contribution in [3.8, 4) is 0 Å². The van der Waals surface area contributed by atoms with Crippen molar-refractivity contribution in [3.05, 3.63) is 42.2 Å². The molecule has 2 unspecified atom stereocenters. The van der Waals surface area contributed by atoms with E-state index in [0.29, 0.717) is 18.5 Å². The summed E-state index contributed by atoms with van der Waals surface area (Å²) in [4.78, 5) is 19.9. The monoisotopic (exact) mass is 362 g/mol. The fourth-order valence-electron chi connectivity index (χ4n) is 2.93. The van der Waals surface area contributed by atoms with Crippen LogP contribution < -0.4 is 22.1 Å². The van der Waals surface area contributed by atoms with Crippen molar-refractivity contribution in [1.82, 2.24) is 9.97 Å². The van der Waals surface area contributed by atoms with Crippen LogP contribution in [0.15, 0.2) is 36.5 Å². The van der Waals surface area contributed by atoms with Crippen molar-refractivity contribution in [1.29, 1.82) is 0 Å². The zero-order valence-electron chi connectivity index (χ0n) is 14.0. The van der Waals surface area contributed by atoms with Gasteiger partial charge in [-0.05, 0) is 25.0 Å². The van der Waals surface area contributed by atoms with Gasteiger partial charge in [-0.15, -0.1) is 0 Å². The number of carbonyl (C=O) groups excluding carboxylic acids is 1. The van der Waals surface area contributed by atoms with Crippen molar-refractivity contribution in [2.75, 3.05) is 10.6 Å². The molecule has 0 aliphatic heterocycles. The van der Waals surface area contributed by atoms with E-state index >= 15 is 0 Å². The third-order valence-electron chi connectivity index (χ3n) is 4.32. The molecule has 0 radical (unpaired) electrons. The number of anilines is 3. The van der Waals surface area contributed by atoms with Crippen molar-refractivity contribution in [2.45, 2.75) is 37.3 Å². The fourth-order valence-corrected chi connectivity index (χ4v) is 2.93. The van der Waals surface area contributed by atoms with E-state index in [9.17, 15) is 13.6 Å². The lowest BCUT2D eigenvalue weighted by atomic mass is 9.87. The van der Waals surface area contributed by atoms with Gasteiger partial charge >= 0.3 is 0 Å². The molecular weight excluding hydrogens is 342 g/mol. The zero-order chi connectivity index (χ0) is 18.7. The molecule has 1 aromatic heterocycles. The Morgan fingerprint density at radius 3 is 2.69 bits per heavy atom. The van der Waals surface area contributed by atoms with Gasteiger partial charge in [-0.25, -0.2) is 18.7 Å². The summed E-state index contributed by atoms with van der Waals surface area (Å²) in [5, 5.41) is 5.87. The Balaban J connectivity index is 1.84. The van der Waals surface area contributed by atoms with Gasteiger partial charge in [-0.3, -0.25) is 4.79 Å². The number of aromatic nitrogens is 2. The minimum Gasteiger partial charge on any atom is -0.364 e. The maximum Gasteiger partial charge on any atom is 0.271 e. The summed E-state index contributed by atoms with van der Waals surface area (Å²) in [6.45, 7) is 0. The molecule has 3 rings (SSSR count). The van der Waals surface area contributed by atoms with Crippen LogP contribution in [0.25, 0.3) is 0 Å². The lowest BCUT2D eigenvalue weighted by molar-refractivity contribution is -0.0554. The summed E-state index contributed by atoms with van der Waals surface area (Å²) in [7, 11) is 0. The molecule has 1 amide bonds. The van der Waals surface area contributed by atoms with E-state index in [-0.39, 0.29) is 23.8 Å². The van der Waals surface area contributed by atoms with Crippen LogP contribution in [-0.4, -0.2) is 33.9 Å². The number of para-hydroxylation sites is 1. The lowest BCUT2D eigenvalue weighted by Gasteiger charge is -2.36. The van der Waals surface area contributed by atoms with Crippen molar-refractivity contribution >= 4 is 23.2 Å². The Hall–Kier alpha value is -2.81. The molecule has 1 saturated carbocycles. The van der Waals surface area contributed by atoms with Gasteiger partial charge in [0, 0.05) is 18.2 Å². The molecule has 9 heteroatoms. The first-order chi connectivity index (χ1) is 12.4. The van der Waals surface area contributed by atoms with Gasteiger partial charge in [0.2, 0.25) is 0 Å². The van der Waals surface area contributed by atoms with Gasteiger partial charge < -0.3 is 22.1 Å². The van der Waals surface area contributed by atoms with Crippen molar-refractivity contribution in [2.24, 2.45) is 11.5 Å². The van der Waals surface area contributed by atoms with E-state index in [4.69, 9.17) is 11.5 Å². The molecule has 7 nitrogen and oxygen atoms in total. The Bertz CT molecular complexity index is 786. The molecule has 6 N–H and O–H groups in total. The zero-order valence-corrected chi connectivity index (χ0v) is 14.0. The average Bonchev–Trinajstić information content (AvgIpc) is 2.60. The Labute approximate surface area is 149 Å². The molecule has 1 aliphatic rings. The predicted octanol–water partition coefficient (Wildman–Crippen LogP) is 2.25. The first-order valence-electron chi connectivity index (χ1n) is 8.25. The molecule has 0 bridgehead atoms. The molecule has 2 aromatic rings. The highest BCUT2D eigenvalue weighted by atomic mass is 19.3. The standard InChI is InChI=1S/C17H20F2N6O/c18-17(19)8-4-7-11(14(17)20)24-12-9-22-13(15(21)26)16(25-12)23-10-5-2-1-3-6-10/h1-3,5-6,9,11,14H,4,7-8,20H2,(H2,21,26)(H2,23,24,25). The second kappa shape index (κ2) is 7.20. The second-order valence-electron chi connectivity index (χ2n) is 6.24. The molecule has 26 heavy (non-hydrogen) atoms. The van der Waals surface area contributed by atoms with E-state index in [1.54, 1.807) is 12.1 Å². The summed E-state index contributed by atoms with van der Waals surface area (Å²) < 4.78 is 27.6. The third kappa shape index (κ3) is 3.88. The topological polar surface area (TPSA) is 119 Å². The molecule has 1 aromatic carbocycles. The molecule has 0 spiro atoms. The number of halogens is 2. The molecule has 1 heterocycles. The first-order valence-corrected chi connectivity index (χ1v) is 8.25. The van der Waals surface area contributed by atoms with Gasteiger partial charge in [0.05, 0.1) is 12.2 Å². The molecule has 1 fully saturated rings. The average molecular weight is 362 g/mol. The van der Waals surface area contributed by atoms with Gasteiger partial charge in [0.1, 0.15) is 5.82 Å². The smallest absolute Gasteiger partial charge is 0.271 e. The van der Waals surface area contributed by atoms with Gasteiger partial charge in [-0.1, -0.05) is 18.2 Å². The highest BCUT2D eigenvalue weighted by molar-refractivity contribution is 5.96. The van der Waals surface area contributed by atoms with Crippen LogP contribution in [0.3, 0.4) is 0 Å². The lowest BCUT2D eigenvalue weighted by Crippen LogP contribution is -2.55.